The van der Waals surface area contributed by atoms with E-state index in [4.69, 9.17) is 14.2 Å². The summed E-state index contributed by atoms with van der Waals surface area (Å²) in [4.78, 5) is 2.50. The molecule has 1 fully saturated rings. The Labute approximate surface area is 198 Å². The summed E-state index contributed by atoms with van der Waals surface area (Å²) in [6, 6.07) is 15.0. The number of hydrogen-bond acceptors (Lipinski definition) is 5. The Morgan fingerprint density at radius 2 is 1.85 bits per heavy atom. The summed E-state index contributed by atoms with van der Waals surface area (Å²) in [6.07, 6.45) is 6.42. The Kier molecular flexibility index (Phi) is 8.81. The third-order valence-electron chi connectivity index (χ3n) is 6.37. The van der Waals surface area contributed by atoms with Gasteiger partial charge in [-0.3, -0.25) is 0 Å². The van der Waals surface area contributed by atoms with Gasteiger partial charge in [0.1, 0.15) is 12.4 Å². The van der Waals surface area contributed by atoms with E-state index in [9.17, 15) is 5.11 Å². The van der Waals surface area contributed by atoms with Crippen LogP contribution in [0.4, 0.5) is 5.69 Å². The standard InChI is InChI=1S/C28H37NO4/c1-2-3-13-31-14-15-33-27-9-6-24(7-10-27)25-8-11-28-26(17-25)16-22(19-30)5-4-12-29(28)18-23-20-32-21-23/h6-11,16-17,23,30H,2-5,12-15,18-21H2,1H3/b22-16+. The fourth-order valence-electron chi connectivity index (χ4n) is 4.37. The lowest BCUT2D eigenvalue weighted by Gasteiger charge is -2.35. The molecule has 2 aliphatic heterocycles. The van der Waals surface area contributed by atoms with Gasteiger partial charge < -0.3 is 24.2 Å². The molecule has 0 unspecified atom stereocenters. The fraction of sp³-hybridized carbons (Fsp3) is 0.500. The number of fused-ring (bicyclic) bond motifs is 1. The van der Waals surface area contributed by atoms with Crippen LogP contribution in [0.5, 0.6) is 5.75 Å². The molecule has 2 aromatic carbocycles. The summed E-state index contributed by atoms with van der Waals surface area (Å²) < 4.78 is 16.8. The predicted octanol–water partition coefficient (Wildman–Crippen LogP) is 5.17. The summed E-state index contributed by atoms with van der Waals surface area (Å²) in [5.41, 5.74) is 5.86. The van der Waals surface area contributed by atoms with Gasteiger partial charge in [-0.1, -0.05) is 37.6 Å². The zero-order chi connectivity index (χ0) is 22.9. The molecule has 0 radical (unpaired) electrons. The highest BCUT2D eigenvalue weighted by Gasteiger charge is 2.24. The van der Waals surface area contributed by atoms with Gasteiger partial charge >= 0.3 is 0 Å². The molecule has 5 nitrogen and oxygen atoms in total. The quantitative estimate of drug-likeness (QED) is 0.478. The van der Waals surface area contributed by atoms with Crippen molar-refractivity contribution in [3.05, 3.63) is 53.6 Å². The Morgan fingerprint density at radius 1 is 1.03 bits per heavy atom. The molecule has 178 valence electrons. The van der Waals surface area contributed by atoms with Gasteiger partial charge in [0.05, 0.1) is 26.4 Å². The summed E-state index contributed by atoms with van der Waals surface area (Å²) in [7, 11) is 0. The van der Waals surface area contributed by atoms with Crippen LogP contribution in [0.3, 0.4) is 0 Å². The maximum Gasteiger partial charge on any atom is 0.119 e. The van der Waals surface area contributed by atoms with Crippen LogP contribution in [0.25, 0.3) is 17.2 Å². The van der Waals surface area contributed by atoms with Gasteiger partial charge in [-0.05, 0) is 65.8 Å². The fourth-order valence-corrected chi connectivity index (χ4v) is 4.37. The van der Waals surface area contributed by atoms with Crippen molar-refractivity contribution in [3.8, 4) is 16.9 Å². The van der Waals surface area contributed by atoms with Crippen molar-refractivity contribution < 1.29 is 19.3 Å². The highest BCUT2D eigenvalue weighted by molar-refractivity contribution is 5.77. The largest absolute Gasteiger partial charge is 0.491 e. The monoisotopic (exact) mass is 451 g/mol. The summed E-state index contributed by atoms with van der Waals surface area (Å²) in [5.74, 6) is 1.48. The van der Waals surface area contributed by atoms with Crippen molar-refractivity contribution in [1.82, 2.24) is 0 Å². The second kappa shape index (κ2) is 12.2. The third-order valence-corrected chi connectivity index (χ3v) is 6.37. The van der Waals surface area contributed by atoms with Gasteiger partial charge in [-0.25, -0.2) is 0 Å². The smallest absolute Gasteiger partial charge is 0.119 e. The van der Waals surface area contributed by atoms with Gasteiger partial charge in [0.15, 0.2) is 0 Å². The number of aliphatic hydroxyl groups excluding tert-OH is 1. The highest BCUT2D eigenvalue weighted by atomic mass is 16.5. The zero-order valence-electron chi connectivity index (χ0n) is 19.8. The molecule has 5 heteroatoms. The molecule has 33 heavy (non-hydrogen) atoms. The number of nitrogens with zero attached hydrogens (tertiary/aromatic N) is 1. The van der Waals surface area contributed by atoms with Gasteiger partial charge in [-0.2, -0.15) is 0 Å². The molecule has 2 heterocycles. The molecular weight excluding hydrogens is 414 g/mol. The van der Waals surface area contributed by atoms with Crippen molar-refractivity contribution in [2.75, 3.05) is 57.6 Å². The zero-order valence-corrected chi connectivity index (χ0v) is 19.8. The number of hydrogen-bond donors (Lipinski definition) is 1. The van der Waals surface area contributed by atoms with E-state index in [0.717, 1.165) is 75.5 Å². The van der Waals surface area contributed by atoms with Crippen LogP contribution < -0.4 is 9.64 Å². The van der Waals surface area contributed by atoms with Crippen LogP contribution in [0.1, 0.15) is 38.2 Å². The molecule has 0 amide bonds. The van der Waals surface area contributed by atoms with Crippen molar-refractivity contribution in [3.63, 3.8) is 0 Å². The average molecular weight is 452 g/mol. The average Bonchev–Trinajstić information content (AvgIpc) is 2.80. The molecule has 0 aromatic heterocycles. The Hall–Kier alpha value is -2.34. The van der Waals surface area contributed by atoms with Gasteiger partial charge in [0.25, 0.3) is 0 Å². The molecule has 0 atom stereocenters. The highest BCUT2D eigenvalue weighted by Crippen LogP contribution is 2.33. The summed E-state index contributed by atoms with van der Waals surface area (Å²) in [5, 5.41) is 9.82. The van der Waals surface area contributed by atoms with E-state index in [2.05, 4.69) is 48.2 Å². The minimum Gasteiger partial charge on any atom is -0.491 e. The Morgan fingerprint density at radius 3 is 2.58 bits per heavy atom. The van der Waals surface area contributed by atoms with Crippen LogP contribution in [-0.4, -0.2) is 57.8 Å². The van der Waals surface area contributed by atoms with Crippen LogP contribution in [0.15, 0.2) is 48.0 Å². The normalized spacial score (nSPS) is 18.0. The molecule has 0 bridgehead atoms. The van der Waals surface area contributed by atoms with E-state index < -0.39 is 0 Å². The molecule has 0 aliphatic carbocycles. The summed E-state index contributed by atoms with van der Waals surface area (Å²) >= 11 is 0. The molecule has 4 rings (SSSR count). The van der Waals surface area contributed by atoms with Gasteiger partial charge in [0.2, 0.25) is 0 Å². The topological polar surface area (TPSA) is 51.2 Å². The SMILES string of the molecule is CCCCOCCOc1ccc(-c2ccc3c(c2)/C=C(/CO)CCCN3CC2COC2)cc1. The molecule has 2 aliphatic rings. The second-order valence-electron chi connectivity index (χ2n) is 9.03. The first-order valence-electron chi connectivity index (χ1n) is 12.3. The van der Waals surface area contributed by atoms with E-state index in [1.54, 1.807) is 0 Å². The molecule has 0 spiro atoms. The number of anilines is 1. The number of ether oxygens (including phenoxy) is 3. The lowest BCUT2D eigenvalue weighted by atomic mass is 9.96. The molecule has 1 saturated heterocycles. The van der Waals surface area contributed by atoms with Crippen molar-refractivity contribution in [2.45, 2.75) is 32.6 Å². The molecule has 0 saturated carbocycles. The van der Waals surface area contributed by atoms with E-state index in [1.807, 2.05) is 12.1 Å². The number of aliphatic hydroxyl groups is 1. The number of benzene rings is 2. The van der Waals surface area contributed by atoms with Gasteiger partial charge in [0, 0.05) is 31.3 Å². The van der Waals surface area contributed by atoms with Crippen LogP contribution >= 0.6 is 0 Å². The Bertz CT molecular complexity index is 905. The van der Waals surface area contributed by atoms with Gasteiger partial charge in [-0.15, -0.1) is 0 Å². The summed E-state index contributed by atoms with van der Waals surface area (Å²) in [6.45, 7) is 8.03. The number of unbranched alkanes of at least 4 members (excludes halogenated alkanes) is 1. The minimum absolute atomic E-state index is 0.119. The van der Waals surface area contributed by atoms with E-state index in [0.29, 0.717) is 19.1 Å². The first-order chi connectivity index (χ1) is 16.3. The second-order valence-corrected chi connectivity index (χ2v) is 9.03. The maximum absolute atomic E-state index is 9.82. The predicted molar refractivity (Wildman–Crippen MR) is 134 cm³/mol. The van der Waals surface area contributed by atoms with Crippen LogP contribution in [0, 0.1) is 5.92 Å². The molecule has 1 N–H and O–H groups in total. The van der Waals surface area contributed by atoms with Crippen molar-refractivity contribution in [1.29, 1.82) is 0 Å². The van der Waals surface area contributed by atoms with Crippen molar-refractivity contribution >= 4 is 11.8 Å². The third kappa shape index (κ3) is 6.59. The maximum atomic E-state index is 9.82. The molecule has 2 aromatic rings. The lowest BCUT2D eigenvalue weighted by molar-refractivity contribution is -0.0276. The van der Waals surface area contributed by atoms with E-state index >= 15 is 0 Å². The number of rotatable bonds is 11. The first kappa shape index (κ1) is 23.8. The molecular formula is C28H37NO4. The van der Waals surface area contributed by atoms with E-state index in [-0.39, 0.29) is 6.61 Å². The minimum atomic E-state index is 0.119. The Balaban J connectivity index is 1.46. The first-order valence-corrected chi connectivity index (χ1v) is 12.3. The van der Waals surface area contributed by atoms with E-state index in [1.165, 1.54) is 16.8 Å². The van der Waals surface area contributed by atoms with Crippen LogP contribution in [0.2, 0.25) is 0 Å². The lowest BCUT2D eigenvalue weighted by Crippen LogP contribution is -2.40. The van der Waals surface area contributed by atoms with Crippen LogP contribution in [-0.2, 0) is 9.47 Å². The van der Waals surface area contributed by atoms with Crippen molar-refractivity contribution in [2.24, 2.45) is 5.92 Å².